The van der Waals surface area contributed by atoms with Crippen molar-refractivity contribution >= 4 is 28.5 Å². The molecule has 0 atom stereocenters. The van der Waals surface area contributed by atoms with Crippen LogP contribution in [0.4, 0.5) is 5.69 Å². The number of hydrogen-bond acceptors (Lipinski definition) is 3. The van der Waals surface area contributed by atoms with Gasteiger partial charge in [0.15, 0.2) is 0 Å². The van der Waals surface area contributed by atoms with E-state index in [-0.39, 0.29) is 0 Å². The molecule has 1 N–H and O–H groups in total. The number of aromatic nitrogens is 2. The number of aromatic amines is 1. The Bertz CT molecular complexity index is 1140. The molecule has 2 aromatic heterocycles. The van der Waals surface area contributed by atoms with Gasteiger partial charge >= 0.3 is 0 Å². The smallest absolute Gasteiger partial charge is 0.0885 e. The summed E-state index contributed by atoms with van der Waals surface area (Å²) in [6, 6.07) is 22.1. The highest BCUT2D eigenvalue weighted by molar-refractivity contribution is 7.99. The van der Waals surface area contributed by atoms with Crippen LogP contribution in [0.3, 0.4) is 0 Å². The Hall–Kier alpha value is -2.72. The van der Waals surface area contributed by atoms with E-state index in [9.17, 15) is 0 Å². The Kier molecular flexibility index (Phi) is 5.50. The molecule has 3 nitrogen and oxygen atoms in total. The molecular formula is C26H27N3S. The number of H-pyrrole nitrogens is 1. The fourth-order valence-electron chi connectivity index (χ4n) is 4.24. The van der Waals surface area contributed by atoms with Crippen LogP contribution < -0.4 is 4.90 Å². The zero-order valence-corrected chi connectivity index (χ0v) is 18.2. The number of rotatable bonds is 6. The highest BCUT2D eigenvalue weighted by Gasteiger charge is 2.18. The zero-order valence-electron chi connectivity index (χ0n) is 17.4. The standard InChI is InChI=1S/C26H27N3S/c1-19-15-25-24(27-18-19)17-23(28-25)22-16-21(9-10-26(22)29-12-5-6-13-29)30-14-11-20-7-3-2-4-8-20/h2-4,7-10,15-18,28H,5-6,11-14H2,1H3. The molecule has 0 radical (unpaired) electrons. The molecule has 5 rings (SSSR count). The molecule has 0 aliphatic carbocycles. The molecule has 1 aliphatic rings. The highest BCUT2D eigenvalue weighted by Crippen LogP contribution is 2.37. The molecule has 1 saturated heterocycles. The SMILES string of the molecule is Cc1cnc2cc(-c3cc(SCCc4ccccc4)ccc3N3CCCC3)[nH]c2c1. The quantitative estimate of drug-likeness (QED) is 0.367. The van der Waals surface area contributed by atoms with E-state index in [0.29, 0.717) is 0 Å². The van der Waals surface area contributed by atoms with Crippen molar-refractivity contribution < 1.29 is 0 Å². The van der Waals surface area contributed by atoms with Crippen LogP contribution in [0.2, 0.25) is 0 Å². The fourth-order valence-corrected chi connectivity index (χ4v) is 5.18. The van der Waals surface area contributed by atoms with Crippen molar-refractivity contribution in [3.63, 3.8) is 0 Å². The number of anilines is 1. The van der Waals surface area contributed by atoms with Crippen molar-refractivity contribution in [2.24, 2.45) is 0 Å². The summed E-state index contributed by atoms with van der Waals surface area (Å²) >= 11 is 1.94. The van der Waals surface area contributed by atoms with Crippen LogP contribution >= 0.6 is 11.8 Å². The van der Waals surface area contributed by atoms with Crippen LogP contribution in [0.25, 0.3) is 22.3 Å². The van der Waals surface area contributed by atoms with Crippen LogP contribution in [0.15, 0.2) is 71.8 Å². The van der Waals surface area contributed by atoms with Crippen LogP contribution in [-0.4, -0.2) is 28.8 Å². The Morgan fingerprint density at radius 2 is 1.83 bits per heavy atom. The number of benzene rings is 2. The molecular weight excluding hydrogens is 386 g/mol. The summed E-state index contributed by atoms with van der Waals surface area (Å²) in [5, 5.41) is 0. The molecule has 1 fully saturated rings. The van der Waals surface area contributed by atoms with E-state index in [1.54, 1.807) is 0 Å². The van der Waals surface area contributed by atoms with Crippen molar-refractivity contribution in [3.05, 3.63) is 78.0 Å². The van der Waals surface area contributed by atoms with Gasteiger partial charge in [0.1, 0.15) is 0 Å². The van der Waals surface area contributed by atoms with Crippen LogP contribution in [0.5, 0.6) is 0 Å². The number of aryl methyl sites for hydroxylation is 2. The predicted octanol–water partition coefficient (Wildman–Crippen LogP) is 6.47. The summed E-state index contributed by atoms with van der Waals surface area (Å²) in [7, 11) is 0. The first-order valence-electron chi connectivity index (χ1n) is 10.8. The summed E-state index contributed by atoms with van der Waals surface area (Å²) < 4.78 is 0. The number of pyridine rings is 1. The third-order valence-corrected chi connectivity index (χ3v) is 6.81. The van der Waals surface area contributed by atoms with Gasteiger partial charge in [-0.1, -0.05) is 30.3 Å². The monoisotopic (exact) mass is 413 g/mol. The summed E-state index contributed by atoms with van der Waals surface area (Å²) in [6.07, 6.45) is 5.59. The van der Waals surface area contributed by atoms with Crippen molar-refractivity contribution in [2.45, 2.75) is 31.1 Å². The van der Waals surface area contributed by atoms with E-state index < -0.39 is 0 Å². The largest absolute Gasteiger partial charge is 0.371 e. The van der Waals surface area contributed by atoms with Crippen molar-refractivity contribution in [2.75, 3.05) is 23.7 Å². The lowest BCUT2D eigenvalue weighted by Crippen LogP contribution is -2.18. The summed E-state index contributed by atoms with van der Waals surface area (Å²) in [4.78, 5) is 12.1. The van der Waals surface area contributed by atoms with Gasteiger partial charge in [-0.3, -0.25) is 4.98 Å². The molecule has 2 aromatic carbocycles. The van der Waals surface area contributed by atoms with Crippen LogP contribution in [-0.2, 0) is 6.42 Å². The van der Waals surface area contributed by atoms with Crippen LogP contribution in [0.1, 0.15) is 24.0 Å². The molecule has 0 spiro atoms. The van der Waals surface area contributed by atoms with Crippen molar-refractivity contribution in [1.82, 2.24) is 9.97 Å². The molecule has 4 aromatic rings. The maximum Gasteiger partial charge on any atom is 0.0885 e. The molecule has 0 bridgehead atoms. The lowest BCUT2D eigenvalue weighted by molar-refractivity contribution is 0.949. The lowest BCUT2D eigenvalue weighted by Gasteiger charge is -2.21. The summed E-state index contributed by atoms with van der Waals surface area (Å²) in [5.41, 5.74) is 8.51. The second kappa shape index (κ2) is 8.57. The third-order valence-electron chi connectivity index (χ3n) is 5.81. The van der Waals surface area contributed by atoms with Gasteiger partial charge in [0.25, 0.3) is 0 Å². The van der Waals surface area contributed by atoms with E-state index in [0.717, 1.165) is 42.0 Å². The van der Waals surface area contributed by atoms with Gasteiger partial charge in [-0.05, 0) is 67.6 Å². The first-order chi connectivity index (χ1) is 14.8. The highest BCUT2D eigenvalue weighted by atomic mass is 32.2. The average Bonchev–Trinajstić information content (AvgIpc) is 3.44. The maximum atomic E-state index is 4.61. The number of nitrogens with zero attached hydrogens (tertiary/aromatic N) is 2. The molecule has 3 heterocycles. The Labute approximate surface area is 182 Å². The second-order valence-electron chi connectivity index (χ2n) is 8.09. The molecule has 0 saturated carbocycles. The Morgan fingerprint density at radius 3 is 2.67 bits per heavy atom. The molecule has 152 valence electrons. The van der Waals surface area contributed by atoms with Gasteiger partial charge in [-0.15, -0.1) is 11.8 Å². The lowest BCUT2D eigenvalue weighted by atomic mass is 10.1. The molecule has 0 unspecified atom stereocenters. The fraction of sp³-hybridized carbons (Fsp3) is 0.269. The second-order valence-corrected chi connectivity index (χ2v) is 9.25. The van der Waals surface area contributed by atoms with Crippen molar-refractivity contribution in [3.8, 4) is 11.3 Å². The van der Waals surface area contributed by atoms with Gasteiger partial charge < -0.3 is 9.88 Å². The Morgan fingerprint density at radius 1 is 1.00 bits per heavy atom. The minimum Gasteiger partial charge on any atom is -0.371 e. The summed E-state index contributed by atoms with van der Waals surface area (Å²) in [5.74, 6) is 1.08. The van der Waals surface area contributed by atoms with E-state index in [1.807, 2.05) is 18.0 Å². The minimum absolute atomic E-state index is 1.03. The predicted molar refractivity (Wildman–Crippen MR) is 129 cm³/mol. The normalized spacial score (nSPS) is 14.0. The molecule has 0 amide bonds. The zero-order chi connectivity index (χ0) is 20.3. The maximum absolute atomic E-state index is 4.61. The van der Waals surface area contributed by atoms with E-state index in [1.165, 1.54) is 40.1 Å². The van der Waals surface area contributed by atoms with E-state index >= 15 is 0 Å². The number of nitrogens with one attached hydrogen (secondary N) is 1. The van der Waals surface area contributed by atoms with Crippen molar-refractivity contribution in [1.29, 1.82) is 0 Å². The topological polar surface area (TPSA) is 31.9 Å². The van der Waals surface area contributed by atoms with E-state index in [4.69, 9.17) is 0 Å². The first-order valence-corrected chi connectivity index (χ1v) is 11.8. The van der Waals surface area contributed by atoms with Gasteiger partial charge in [-0.2, -0.15) is 0 Å². The number of fused-ring (bicyclic) bond motifs is 1. The summed E-state index contributed by atoms with van der Waals surface area (Å²) in [6.45, 7) is 4.38. The van der Waals surface area contributed by atoms with Gasteiger partial charge in [0.2, 0.25) is 0 Å². The van der Waals surface area contributed by atoms with E-state index in [2.05, 4.69) is 82.5 Å². The molecule has 4 heteroatoms. The first kappa shape index (κ1) is 19.3. The minimum atomic E-state index is 1.03. The Balaban J connectivity index is 1.45. The van der Waals surface area contributed by atoms with Gasteiger partial charge in [0.05, 0.1) is 16.7 Å². The number of hydrogen-bond donors (Lipinski definition) is 1. The third kappa shape index (κ3) is 4.10. The van der Waals surface area contributed by atoms with Gasteiger partial charge in [0, 0.05) is 41.2 Å². The molecule has 1 aliphatic heterocycles. The van der Waals surface area contributed by atoms with Gasteiger partial charge in [-0.25, -0.2) is 0 Å². The molecule has 30 heavy (non-hydrogen) atoms. The number of thioether (sulfide) groups is 1. The van der Waals surface area contributed by atoms with Crippen LogP contribution in [0, 0.1) is 6.92 Å². The average molecular weight is 414 g/mol.